The van der Waals surface area contributed by atoms with Crippen molar-refractivity contribution in [2.45, 2.75) is 0 Å². The lowest BCUT2D eigenvalue weighted by Gasteiger charge is -2.07. The second-order valence-electron chi connectivity index (χ2n) is 2.72. The molecule has 5 N–H and O–H groups in total. The van der Waals surface area contributed by atoms with E-state index in [0.717, 1.165) is 6.26 Å². The van der Waals surface area contributed by atoms with Gasteiger partial charge in [-0.25, -0.2) is 8.42 Å². The van der Waals surface area contributed by atoms with Crippen LogP contribution < -0.4 is 16.2 Å². The number of nitrogen functional groups attached to an aromatic ring is 2. The third-order valence-corrected chi connectivity index (χ3v) is 1.96. The van der Waals surface area contributed by atoms with E-state index in [-0.39, 0.29) is 0 Å². The van der Waals surface area contributed by atoms with Gasteiger partial charge in [0.05, 0.1) is 17.6 Å². The van der Waals surface area contributed by atoms with Crippen molar-refractivity contribution in [1.29, 1.82) is 0 Å². The van der Waals surface area contributed by atoms with Crippen molar-refractivity contribution in [3.63, 3.8) is 0 Å². The van der Waals surface area contributed by atoms with Crippen LogP contribution in [-0.4, -0.2) is 14.7 Å². The van der Waals surface area contributed by atoms with Crippen LogP contribution in [0.25, 0.3) is 0 Å². The Hall–Kier alpha value is -1.43. The molecule has 0 amide bonds. The van der Waals surface area contributed by atoms with Crippen molar-refractivity contribution in [3.8, 4) is 0 Å². The lowest BCUT2D eigenvalue weighted by atomic mass is 10.2. The molecule has 13 heavy (non-hydrogen) atoms. The number of rotatable bonds is 2. The average molecular weight is 201 g/mol. The van der Waals surface area contributed by atoms with Crippen LogP contribution in [0.3, 0.4) is 0 Å². The molecule has 0 spiro atoms. The first kappa shape index (κ1) is 9.66. The first-order valence-electron chi connectivity index (χ1n) is 3.51. The highest BCUT2D eigenvalue weighted by atomic mass is 32.2. The van der Waals surface area contributed by atoms with Crippen LogP contribution in [0, 0.1) is 0 Å². The summed E-state index contributed by atoms with van der Waals surface area (Å²) >= 11 is 0. The highest BCUT2D eigenvalue weighted by molar-refractivity contribution is 7.92. The predicted molar refractivity (Wildman–Crippen MR) is 53.7 cm³/mol. The summed E-state index contributed by atoms with van der Waals surface area (Å²) in [6.07, 6.45) is 1.06. The van der Waals surface area contributed by atoms with Crippen molar-refractivity contribution >= 4 is 27.1 Å². The largest absolute Gasteiger partial charge is 0.399 e. The summed E-state index contributed by atoms with van der Waals surface area (Å²) in [6, 6.07) is 4.59. The second-order valence-corrected chi connectivity index (χ2v) is 4.47. The molecule has 1 aromatic carbocycles. The molecule has 0 atom stereocenters. The minimum atomic E-state index is -3.28. The zero-order valence-electron chi connectivity index (χ0n) is 7.11. The third kappa shape index (κ3) is 2.83. The maximum Gasteiger partial charge on any atom is 0.229 e. The number of hydrogen-bond acceptors (Lipinski definition) is 4. The molecule has 0 radical (unpaired) electrons. The number of anilines is 3. The van der Waals surface area contributed by atoms with Crippen LogP contribution in [-0.2, 0) is 10.0 Å². The van der Waals surface area contributed by atoms with Gasteiger partial charge in [0.2, 0.25) is 10.0 Å². The average Bonchev–Trinajstić information content (AvgIpc) is 1.93. The fraction of sp³-hybridized carbons (Fsp3) is 0.143. The first-order chi connectivity index (χ1) is 5.88. The molecule has 0 unspecified atom stereocenters. The monoisotopic (exact) mass is 201 g/mol. The summed E-state index contributed by atoms with van der Waals surface area (Å²) in [5.41, 5.74) is 12.1. The third-order valence-electron chi connectivity index (χ3n) is 1.37. The van der Waals surface area contributed by atoms with Gasteiger partial charge in [-0.3, -0.25) is 4.72 Å². The lowest BCUT2D eigenvalue weighted by Crippen LogP contribution is -2.11. The van der Waals surface area contributed by atoms with Crippen LogP contribution in [0.4, 0.5) is 17.1 Å². The topological polar surface area (TPSA) is 98.2 Å². The number of hydrogen-bond donors (Lipinski definition) is 3. The van der Waals surface area contributed by atoms with Gasteiger partial charge in [0.15, 0.2) is 0 Å². The standard InChI is InChI=1S/C7H11N3O2S/c1-13(11,12)10-7-3-2-5(8)4-6(7)9/h2-4,10H,8-9H2,1H3. The number of nitrogens with two attached hydrogens (primary N) is 2. The highest BCUT2D eigenvalue weighted by Crippen LogP contribution is 2.21. The van der Waals surface area contributed by atoms with Crippen LogP contribution in [0.15, 0.2) is 18.2 Å². The molecule has 1 aromatic rings. The summed E-state index contributed by atoms with van der Waals surface area (Å²) in [4.78, 5) is 0. The van der Waals surface area contributed by atoms with E-state index >= 15 is 0 Å². The molecule has 0 heterocycles. The van der Waals surface area contributed by atoms with Crippen molar-refractivity contribution < 1.29 is 8.42 Å². The Morgan fingerprint density at radius 3 is 2.38 bits per heavy atom. The van der Waals surface area contributed by atoms with E-state index in [1.807, 2.05) is 0 Å². The summed E-state index contributed by atoms with van der Waals surface area (Å²) < 4.78 is 23.9. The van der Waals surface area contributed by atoms with Gasteiger partial charge in [-0.05, 0) is 18.2 Å². The number of sulfonamides is 1. The number of nitrogens with one attached hydrogen (secondary N) is 1. The molecular weight excluding hydrogens is 190 g/mol. The van der Waals surface area contributed by atoms with E-state index in [4.69, 9.17) is 11.5 Å². The van der Waals surface area contributed by atoms with Crippen LogP contribution in [0.5, 0.6) is 0 Å². The van der Waals surface area contributed by atoms with Gasteiger partial charge >= 0.3 is 0 Å². The first-order valence-corrected chi connectivity index (χ1v) is 5.40. The van der Waals surface area contributed by atoms with Crippen LogP contribution in [0.2, 0.25) is 0 Å². The second kappa shape index (κ2) is 3.14. The Morgan fingerprint density at radius 2 is 1.92 bits per heavy atom. The van der Waals surface area contributed by atoms with Crippen molar-refractivity contribution in [1.82, 2.24) is 0 Å². The Labute approximate surface area is 76.8 Å². The van der Waals surface area contributed by atoms with E-state index < -0.39 is 10.0 Å². The molecule has 6 heteroatoms. The summed E-state index contributed by atoms with van der Waals surface area (Å²) in [6.45, 7) is 0. The van der Waals surface area contributed by atoms with Gasteiger partial charge in [0.25, 0.3) is 0 Å². The molecule has 0 aromatic heterocycles. The highest BCUT2D eigenvalue weighted by Gasteiger charge is 2.04. The SMILES string of the molecule is CS(=O)(=O)Nc1ccc(N)cc1N. The maximum atomic E-state index is 10.8. The van der Waals surface area contributed by atoms with Crippen molar-refractivity contribution in [2.75, 3.05) is 22.4 Å². The van der Waals surface area contributed by atoms with E-state index in [2.05, 4.69) is 4.72 Å². The van der Waals surface area contributed by atoms with Gasteiger partial charge in [-0.2, -0.15) is 0 Å². The van der Waals surface area contributed by atoms with E-state index in [1.165, 1.54) is 12.1 Å². The fourth-order valence-electron chi connectivity index (χ4n) is 0.874. The van der Waals surface area contributed by atoms with Gasteiger partial charge in [-0.15, -0.1) is 0 Å². The molecule has 5 nitrogen and oxygen atoms in total. The molecule has 1 rings (SSSR count). The normalized spacial score (nSPS) is 11.2. The van der Waals surface area contributed by atoms with E-state index in [1.54, 1.807) is 6.07 Å². The Bertz CT molecular complexity index is 414. The van der Waals surface area contributed by atoms with Gasteiger partial charge in [-0.1, -0.05) is 0 Å². The maximum absolute atomic E-state index is 10.8. The smallest absolute Gasteiger partial charge is 0.229 e. The molecule has 0 saturated heterocycles. The number of benzene rings is 1. The summed E-state index contributed by atoms with van der Waals surface area (Å²) in [7, 11) is -3.28. The van der Waals surface area contributed by atoms with Crippen LogP contribution in [0.1, 0.15) is 0 Å². The van der Waals surface area contributed by atoms with E-state index in [0.29, 0.717) is 17.1 Å². The Morgan fingerprint density at radius 1 is 1.31 bits per heavy atom. The van der Waals surface area contributed by atoms with Crippen molar-refractivity contribution in [2.24, 2.45) is 0 Å². The fourth-order valence-corrected chi connectivity index (χ4v) is 1.46. The molecule has 0 fully saturated rings. The van der Waals surface area contributed by atoms with Gasteiger partial charge in [0, 0.05) is 5.69 Å². The Balaban J connectivity index is 3.04. The van der Waals surface area contributed by atoms with Gasteiger partial charge < -0.3 is 11.5 Å². The molecular formula is C7H11N3O2S. The molecule has 0 saturated carbocycles. The molecule has 0 aliphatic rings. The van der Waals surface area contributed by atoms with Gasteiger partial charge in [0.1, 0.15) is 0 Å². The summed E-state index contributed by atoms with van der Waals surface area (Å²) in [5, 5.41) is 0. The molecule has 72 valence electrons. The Kier molecular flexibility index (Phi) is 2.33. The minimum Gasteiger partial charge on any atom is -0.399 e. The molecule has 0 aliphatic heterocycles. The van der Waals surface area contributed by atoms with Crippen molar-refractivity contribution in [3.05, 3.63) is 18.2 Å². The van der Waals surface area contributed by atoms with E-state index in [9.17, 15) is 8.42 Å². The minimum absolute atomic E-state index is 0.311. The molecule has 0 aliphatic carbocycles. The zero-order valence-corrected chi connectivity index (χ0v) is 7.93. The predicted octanol–water partition coefficient (Wildman–Crippen LogP) is 0.222. The molecule has 0 bridgehead atoms. The lowest BCUT2D eigenvalue weighted by molar-refractivity contribution is 0.607. The summed E-state index contributed by atoms with van der Waals surface area (Å²) in [5.74, 6) is 0. The quantitative estimate of drug-likeness (QED) is 0.596. The van der Waals surface area contributed by atoms with Crippen LogP contribution >= 0.6 is 0 Å². The zero-order chi connectivity index (χ0) is 10.1.